The Morgan fingerprint density at radius 2 is 2.00 bits per heavy atom. The van der Waals surface area contributed by atoms with Gasteiger partial charge >= 0.3 is 0 Å². The van der Waals surface area contributed by atoms with Gasteiger partial charge in [0.15, 0.2) is 5.96 Å². The van der Waals surface area contributed by atoms with Crippen molar-refractivity contribution in [3.63, 3.8) is 0 Å². The minimum absolute atomic E-state index is 0. The summed E-state index contributed by atoms with van der Waals surface area (Å²) >= 11 is 0. The van der Waals surface area contributed by atoms with E-state index in [9.17, 15) is 8.42 Å². The maximum atomic E-state index is 12.6. The zero-order valence-electron chi connectivity index (χ0n) is 17.2. The summed E-state index contributed by atoms with van der Waals surface area (Å²) in [6.07, 6.45) is 2.11. The Balaban J connectivity index is 0.00000272. The second-order valence-electron chi connectivity index (χ2n) is 7.06. The van der Waals surface area contributed by atoms with Crippen LogP contribution >= 0.6 is 24.0 Å². The molecule has 12 heteroatoms. The molecular weight excluding hydrogens is 533 g/mol. The number of aliphatic imine (C=N–C) groups is 1. The molecule has 0 atom stereocenters. The summed E-state index contributed by atoms with van der Waals surface area (Å²) in [6.45, 7) is 2.64. The third-order valence-electron chi connectivity index (χ3n) is 5.05. The fourth-order valence-corrected chi connectivity index (χ4v) is 4.94. The number of piperazine rings is 1. The van der Waals surface area contributed by atoms with E-state index in [1.54, 1.807) is 13.1 Å². The number of sulfonamides is 1. The van der Waals surface area contributed by atoms with Crippen molar-refractivity contribution < 1.29 is 12.9 Å². The van der Waals surface area contributed by atoms with Crippen molar-refractivity contribution in [2.75, 3.05) is 39.8 Å². The van der Waals surface area contributed by atoms with Crippen molar-refractivity contribution in [2.45, 2.75) is 12.2 Å². The van der Waals surface area contributed by atoms with E-state index in [-0.39, 0.29) is 29.7 Å². The van der Waals surface area contributed by atoms with Gasteiger partial charge in [-0.15, -0.1) is 24.0 Å². The van der Waals surface area contributed by atoms with Crippen LogP contribution < -0.4 is 5.32 Å². The smallest absolute Gasteiger partial charge is 0.220 e. The number of H-pyrrole nitrogens is 1. The van der Waals surface area contributed by atoms with Crippen LogP contribution in [0.25, 0.3) is 11.0 Å². The molecule has 168 valence electrons. The topological polar surface area (TPSA) is 120 Å². The lowest BCUT2D eigenvalue weighted by Gasteiger charge is -2.35. The normalized spacial score (nSPS) is 15.8. The molecule has 3 heterocycles. The second kappa shape index (κ2) is 10.4. The van der Waals surface area contributed by atoms with Gasteiger partial charge in [-0.05, 0) is 12.1 Å². The zero-order chi connectivity index (χ0) is 21.0. The molecule has 1 aliphatic rings. The number of hydrogen-bond donors (Lipinski definition) is 2. The Bertz CT molecular complexity index is 1070. The molecule has 1 fully saturated rings. The van der Waals surface area contributed by atoms with Crippen LogP contribution in [-0.2, 0) is 22.2 Å². The number of aromatic amines is 1. The number of benzene rings is 1. The Morgan fingerprint density at radius 1 is 1.23 bits per heavy atom. The first kappa shape index (κ1) is 23.5. The summed E-state index contributed by atoms with van der Waals surface area (Å²) in [5.74, 6) is 1.54. The van der Waals surface area contributed by atoms with Crippen LogP contribution in [0.3, 0.4) is 0 Å². The van der Waals surface area contributed by atoms with Crippen molar-refractivity contribution >= 4 is 51.0 Å². The monoisotopic (exact) mass is 559 g/mol. The number of rotatable bonds is 6. The van der Waals surface area contributed by atoms with Gasteiger partial charge in [0, 0.05) is 52.3 Å². The Kier molecular flexibility index (Phi) is 7.89. The first-order valence-electron chi connectivity index (χ1n) is 9.81. The van der Waals surface area contributed by atoms with E-state index in [1.807, 2.05) is 24.3 Å². The summed E-state index contributed by atoms with van der Waals surface area (Å²) < 4.78 is 31.4. The Labute approximate surface area is 198 Å². The lowest BCUT2D eigenvalue weighted by atomic mass is 10.3. The number of nitrogens with one attached hydrogen (secondary N) is 2. The average Bonchev–Trinajstić information content (AvgIpc) is 3.40. The SMILES string of the molecule is CN=C(NCCc1nc2ccccc2[nH]1)N1CCN(S(=O)(=O)Cc2ccon2)CC1.I. The number of aromatic nitrogens is 3. The summed E-state index contributed by atoms with van der Waals surface area (Å²) in [7, 11) is -1.68. The fraction of sp³-hybridized carbons (Fsp3) is 0.421. The van der Waals surface area contributed by atoms with Gasteiger partial charge in [-0.25, -0.2) is 13.4 Å². The number of halogens is 1. The van der Waals surface area contributed by atoms with Gasteiger partial charge in [-0.3, -0.25) is 4.99 Å². The second-order valence-corrected chi connectivity index (χ2v) is 9.03. The Morgan fingerprint density at radius 3 is 2.68 bits per heavy atom. The molecule has 31 heavy (non-hydrogen) atoms. The van der Waals surface area contributed by atoms with E-state index in [1.165, 1.54) is 10.6 Å². The van der Waals surface area contributed by atoms with Gasteiger partial charge in [-0.2, -0.15) is 4.31 Å². The number of fused-ring (bicyclic) bond motifs is 1. The first-order chi connectivity index (χ1) is 14.5. The highest BCUT2D eigenvalue weighted by Gasteiger charge is 2.28. The summed E-state index contributed by atoms with van der Waals surface area (Å²) in [5.41, 5.74) is 2.40. The molecule has 1 aliphatic heterocycles. The number of para-hydroxylation sites is 2. The third-order valence-corrected chi connectivity index (χ3v) is 6.86. The van der Waals surface area contributed by atoms with Crippen molar-refractivity contribution in [1.82, 2.24) is 29.6 Å². The molecule has 0 aliphatic carbocycles. The van der Waals surface area contributed by atoms with Crippen LogP contribution in [0.5, 0.6) is 0 Å². The minimum Gasteiger partial charge on any atom is -0.364 e. The van der Waals surface area contributed by atoms with Gasteiger partial charge in [0.2, 0.25) is 10.0 Å². The zero-order valence-corrected chi connectivity index (χ0v) is 20.3. The van der Waals surface area contributed by atoms with Crippen molar-refractivity contribution in [2.24, 2.45) is 4.99 Å². The van der Waals surface area contributed by atoms with Crippen LogP contribution in [0.15, 0.2) is 46.1 Å². The number of hydrogen-bond acceptors (Lipinski definition) is 6. The van der Waals surface area contributed by atoms with Gasteiger partial charge in [0.05, 0.1) is 16.7 Å². The van der Waals surface area contributed by atoms with Crippen LogP contribution in [-0.4, -0.2) is 78.5 Å². The molecule has 0 unspecified atom stereocenters. The molecular formula is C19H26IN7O3S. The summed E-state index contributed by atoms with van der Waals surface area (Å²) in [4.78, 5) is 14.3. The molecule has 4 rings (SSSR count). The first-order valence-corrected chi connectivity index (χ1v) is 11.4. The fourth-order valence-electron chi connectivity index (χ4n) is 3.52. The van der Waals surface area contributed by atoms with Crippen molar-refractivity contribution in [3.05, 3.63) is 48.1 Å². The average molecular weight is 559 g/mol. The molecule has 1 saturated heterocycles. The predicted molar refractivity (Wildman–Crippen MR) is 129 cm³/mol. The molecule has 3 aromatic rings. The number of guanidine groups is 1. The van der Waals surface area contributed by atoms with E-state index in [4.69, 9.17) is 4.52 Å². The standard InChI is InChI=1S/C19H25N7O3S.HI/c1-20-19(21-8-6-18-22-16-4-2-3-5-17(16)23-18)25-9-11-26(12-10-25)30(27,28)14-15-7-13-29-24-15;/h2-5,7,13H,6,8-12,14H2,1H3,(H,20,21)(H,22,23);1H. The highest BCUT2D eigenvalue weighted by Crippen LogP contribution is 2.13. The highest BCUT2D eigenvalue weighted by molar-refractivity contribution is 14.0. The molecule has 0 saturated carbocycles. The van der Waals surface area contributed by atoms with Crippen LogP contribution in [0.4, 0.5) is 0 Å². The van der Waals surface area contributed by atoms with Crippen molar-refractivity contribution in [1.29, 1.82) is 0 Å². The van der Waals surface area contributed by atoms with E-state index >= 15 is 0 Å². The third kappa shape index (κ3) is 5.74. The number of nitrogens with zero attached hydrogens (tertiary/aromatic N) is 5. The van der Waals surface area contributed by atoms with E-state index in [2.05, 4.69) is 30.3 Å². The quantitative estimate of drug-likeness (QED) is 0.267. The highest BCUT2D eigenvalue weighted by atomic mass is 127. The van der Waals surface area contributed by atoms with Crippen molar-refractivity contribution in [3.8, 4) is 0 Å². The summed E-state index contributed by atoms with van der Waals surface area (Å²) in [6, 6.07) is 9.52. The molecule has 0 bridgehead atoms. The van der Waals surface area contributed by atoms with Crippen LogP contribution in [0.2, 0.25) is 0 Å². The molecule has 0 amide bonds. The molecule has 2 aromatic heterocycles. The molecule has 0 spiro atoms. The van der Waals surface area contributed by atoms with Gasteiger partial charge in [0.25, 0.3) is 0 Å². The maximum absolute atomic E-state index is 12.6. The number of imidazole rings is 1. The van der Waals surface area contributed by atoms with E-state index in [0.29, 0.717) is 38.4 Å². The van der Waals surface area contributed by atoms with E-state index in [0.717, 1.165) is 29.2 Å². The minimum atomic E-state index is -3.42. The van der Waals surface area contributed by atoms with Crippen LogP contribution in [0, 0.1) is 0 Å². The Hall–Kier alpha value is -2.19. The molecule has 2 N–H and O–H groups in total. The molecule has 10 nitrogen and oxygen atoms in total. The van der Waals surface area contributed by atoms with Crippen LogP contribution in [0.1, 0.15) is 11.5 Å². The lowest BCUT2D eigenvalue weighted by molar-refractivity contribution is 0.260. The molecule has 0 radical (unpaired) electrons. The lowest BCUT2D eigenvalue weighted by Crippen LogP contribution is -2.54. The maximum Gasteiger partial charge on any atom is 0.220 e. The largest absolute Gasteiger partial charge is 0.364 e. The van der Waals surface area contributed by atoms with E-state index < -0.39 is 10.0 Å². The van der Waals surface area contributed by atoms with Gasteiger partial charge in [-0.1, -0.05) is 17.3 Å². The predicted octanol–water partition coefficient (Wildman–Crippen LogP) is 1.43. The van der Waals surface area contributed by atoms with Gasteiger partial charge < -0.3 is 19.7 Å². The van der Waals surface area contributed by atoms with Gasteiger partial charge in [0.1, 0.15) is 17.8 Å². The molecule has 1 aromatic carbocycles. The summed E-state index contributed by atoms with van der Waals surface area (Å²) in [5, 5.41) is 7.04.